The number of aryl methyl sites for hydroxylation is 1. The fraction of sp³-hybridized carbons (Fsp3) is 0.214. The maximum absolute atomic E-state index is 13.5. The van der Waals surface area contributed by atoms with Crippen molar-refractivity contribution >= 4 is 11.6 Å². The largest absolute Gasteiger partial charge is 0.438 e. The van der Waals surface area contributed by atoms with Gasteiger partial charge in [-0.05, 0) is 19.1 Å². The summed E-state index contributed by atoms with van der Waals surface area (Å²) in [7, 11) is 0. The number of rotatable bonds is 3. The van der Waals surface area contributed by atoms with Gasteiger partial charge in [-0.15, -0.1) is 0 Å². The Bertz CT molecular complexity index is 698. The Kier molecular flexibility index (Phi) is 4.16. The highest BCUT2D eigenvalue weighted by molar-refractivity contribution is 6.30. The predicted octanol–water partition coefficient (Wildman–Crippen LogP) is 3.80. The van der Waals surface area contributed by atoms with Gasteiger partial charge in [0.1, 0.15) is 28.6 Å². The van der Waals surface area contributed by atoms with Gasteiger partial charge in [0.2, 0.25) is 5.88 Å². The van der Waals surface area contributed by atoms with E-state index < -0.39 is 5.82 Å². The summed E-state index contributed by atoms with van der Waals surface area (Å²) in [6, 6.07) is 5.74. The normalized spacial score (nSPS) is 10.2. The summed E-state index contributed by atoms with van der Waals surface area (Å²) in [5, 5.41) is 8.99. The second-order valence-corrected chi connectivity index (χ2v) is 4.43. The number of hydrogen-bond donors (Lipinski definition) is 0. The molecule has 0 bridgehead atoms. The Labute approximate surface area is 120 Å². The lowest BCUT2D eigenvalue weighted by atomic mass is 10.2. The molecule has 4 nitrogen and oxygen atoms in total. The minimum Gasteiger partial charge on any atom is -0.438 e. The van der Waals surface area contributed by atoms with Crippen LogP contribution in [0.4, 0.5) is 4.39 Å². The summed E-state index contributed by atoms with van der Waals surface area (Å²) >= 11 is 5.99. The quantitative estimate of drug-likeness (QED) is 0.807. The highest BCUT2D eigenvalue weighted by Crippen LogP contribution is 2.28. The molecule has 0 aliphatic heterocycles. The van der Waals surface area contributed by atoms with E-state index in [9.17, 15) is 4.39 Å². The Morgan fingerprint density at radius 2 is 2.15 bits per heavy atom. The van der Waals surface area contributed by atoms with E-state index in [-0.39, 0.29) is 17.2 Å². The third kappa shape index (κ3) is 2.86. The minimum absolute atomic E-state index is 0.0379. The van der Waals surface area contributed by atoms with Crippen LogP contribution in [0.5, 0.6) is 11.6 Å². The van der Waals surface area contributed by atoms with Crippen LogP contribution < -0.4 is 4.74 Å². The van der Waals surface area contributed by atoms with E-state index in [4.69, 9.17) is 21.6 Å². The third-order valence-corrected chi connectivity index (χ3v) is 3.05. The summed E-state index contributed by atoms with van der Waals surface area (Å²) in [5.74, 6) is 0.440. The third-order valence-electron chi connectivity index (χ3n) is 2.68. The lowest BCUT2D eigenvalue weighted by Crippen LogP contribution is -2.00. The highest BCUT2D eigenvalue weighted by atomic mass is 35.5. The number of benzene rings is 1. The molecule has 0 aliphatic rings. The van der Waals surface area contributed by atoms with Crippen LogP contribution in [0.15, 0.2) is 18.2 Å². The van der Waals surface area contributed by atoms with Crippen molar-refractivity contribution in [1.29, 1.82) is 5.26 Å². The molecule has 0 atom stereocenters. The summed E-state index contributed by atoms with van der Waals surface area (Å²) in [6.45, 7) is 3.61. The zero-order chi connectivity index (χ0) is 14.7. The maximum atomic E-state index is 13.5. The predicted molar refractivity (Wildman–Crippen MR) is 72.3 cm³/mol. The number of hydrogen-bond acceptors (Lipinski definition) is 4. The fourth-order valence-electron chi connectivity index (χ4n) is 1.53. The van der Waals surface area contributed by atoms with E-state index in [0.29, 0.717) is 23.0 Å². The van der Waals surface area contributed by atoms with Crippen molar-refractivity contribution in [3.8, 4) is 17.7 Å². The molecule has 0 unspecified atom stereocenters. The molecule has 0 saturated heterocycles. The zero-order valence-electron chi connectivity index (χ0n) is 10.9. The zero-order valence-corrected chi connectivity index (χ0v) is 11.7. The van der Waals surface area contributed by atoms with Crippen LogP contribution in [0, 0.1) is 24.1 Å². The van der Waals surface area contributed by atoms with E-state index in [0.717, 1.165) is 6.07 Å². The minimum atomic E-state index is -0.640. The van der Waals surface area contributed by atoms with Crippen molar-refractivity contribution in [3.63, 3.8) is 0 Å². The summed E-state index contributed by atoms with van der Waals surface area (Å²) < 4.78 is 19.0. The van der Waals surface area contributed by atoms with E-state index in [1.807, 2.05) is 6.92 Å². The molecule has 2 rings (SSSR count). The number of ether oxygens (including phenoxy) is 1. The molecule has 0 N–H and O–H groups in total. The molecular weight excluding hydrogens is 281 g/mol. The standard InChI is InChI=1S/C14H11ClFN3O/c1-3-12-18-13(15)8(2)14(19-12)20-10-5-4-9(7-17)11(16)6-10/h4-6H,3H2,1-2H3. The van der Waals surface area contributed by atoms with Gasteiger partial charge in [0.15, 0.2) is 0 Å². The molecule has 0 aliphatic carbocycles. The first-order valence-electron chi connectivity index (χ1n) is 5.95. The Balaban J connectivity index is 2.37. The molecular formula is C14H11ClFN3O. The van der Waals surface area contributed by atoms with Crippen LogP contribution in [0.3, 0.4) is 0 Å². The molecule has 20 heavy (non-hydrogen) atoms. The first-order valence-corrected chi connectivity index (χ1v) is 6.33. The van der Waals surface area contributed by atoms with Gasteiger partial charge in [-0.1, -0.05) is 18.5 Å². The van der Waals surface area contributed by atoms with E-state index >= 15 is 0 Å². The van der Waals surface area contributed by atoms with Gasteiger partial charge >= 0.3 is 0 Å². The molecule has 0 spiro atoms. The second-order valence-electron chi connectivity index (χ2n) is 4.07. The lowest BCUT2D eigenvalue weighted by Gasteiger charge is -2.10. The van der Waals surface area contributed by atoms with E-state index in [2.05, 4.69) is 9.97 Å². The average Bonchev–Trinajstić information content (AvgIpc) is 2.43. The van der Waals surface area contributed by atoms with Crippen LogP contribution in [-0.2, 0) is 6.42 Å². The second kappa shape index (κ2) is 5.85. The molecule has 102 valence electrons. The van der Waals surface area contributed by atoms with Gasteiger partial charge in [0.25, 0.3) is 0 Å². The Morgan fingerprint density at radius 1 is 1.40 bits per heavy atom. The van der Waals surface area contributed by atoms with Crippen LogP contribution in [0.2, 0.25) is 5.15 Å². The number of nitriles is 1. The SMILES string of the molecule is CCc1nc(Cl)c(C)c(Oc2ccc(C#N)c(F)c2)n1. The van der Waals surface area contributed by atoms with Gasteiger partial charge in [0.05, 0.1) is 5.56 Å². The molecule has 6 heteroatoms. The first-order chi connectivity index (χ1) is 9.55. The summed E-state index contributed by atoms with van der Waals surface area (Å²) in [6.07, 6.45) is 0.609. The van der Waals surface area contributed by atoms with Gasteiger partial charge < -0.3 is 4.74 Å². The summed E-state index contributed by atoms with van der Waals surface area (Å²) in [4.78, 5) is 8.31. The highest BCUT2D eigenvalue weighted by Gasteiger charge is 2.12. The van der Waals surface area contributed by atoms with Crippen molar-refractivity contribution in [2.24, 2.45) is 0 Å². The van der Waals surface area contributed by atoms with Gasteiger partial charge in [-0.25, -0.2) is 9.37 Å². The van der Waals surface area contributed by atoms with E-state index in [1.54, 1.807) is 13.0 Å². The van der Waals surface area contributed by atoms with Crippen LogP contribution >= 0.6 is 11.6 Å². The monoisotopic (exact) mass is 291 g/mol. The average molecular weight is 292 g/mol. The molecule has 0 saturated carbocycles. The van der Waals surface area contributed by atoms with Crippen molar-refractivity contribution < 1.29 is 9.13 Å². The molecule has 1 aromatic carbocycles. The molecule has 0 amide bonds. The van der Waals surface area contributed by atoms with Crippen LogP contribution in [-0.4, -0.2) is 9.97 Å². The Hall–Kier alpha value is -2.19. The molecule has 1 aromatic heterocycles. The van der Waals surface area contributed by atoms with Crippen molar-refractivity contribution in [1.82, 2.24) is 9.97 Å². The molecule has 0 radical (unpaired) electrons. The van der Waals surface area contributed by atoms with Crippen molar-refractivity contribution in [2.75, 3.05) is 0 Å². The summed E-state index contributed by atoms with van der Waals surface area (Å²) in [5.41, 5.74) is 0.540. The topological polar surface area (TPSA) is 58.8 Å². The van der Waals surface area contributed by atoms with Gasteiger partial charge in [0, 0.05) is 18.1 Å². The van der Waals surface area contributed by atoms with Crippen LogP contribution in [0.1, 0.15) is 23.9 Å². The molecule has 1 heterocycles. The first kappa shape index (κ1) is 14.2. The smallest absolute Gasteiger partial charge is 0.226 e. The van der Waals surface area contributed by atoms with Crippen molar-refractivity contribution in [2.45, 2.75) is 20.3 Å². The van der Waals surface area contributed by atoms with Crippen molar-refractivity contribution in [3.05, 3.63) is 46.1 Å². The molecule has 0 fully saturated rings. The van der Waals surface area contributed by atoms with Gasteiger partial charge in [-0.2, -0.15) is 10.2 Å². The number of halogens is 2. The van der Waals surface area contributed by atoms with E-state index in [1.165, 1.54) is 12.1 Å². The number of nitrogens with zero attached hydrogens (tertiary/aromatic N) is 3. The van der Waals surface area contributed by atoms with Gasteiger partial charge in [-0.3, -0.25) is 0 Å². The van der Waals surface area contributed by atoms with Crippen LogP contribution in [0.25, 0.3) is 0 Å². The lowest BCUT2D eigenvalue weighted by molar-refractivity contribution is 0.450. The maximum Gasteiger partial charge on any atom is 0.226 e. The molecule has 2 aromatic rings. The Morgan fingerprint density at radius 3 is 2.75 bits per heavy atom. The number of aromatic nitrogens is 2. The fourth-order valence-corrected chi connectivity index (χ4v) is 1.71.